The fraction of sp³-hybridized carbons (Fsp3) is 0.923. The van der Waals surface area contributed by atoms with Gasteiger partial charge in [0.2, 0.25) is 10.0 Å². The van der Waals surface area contributed by atoms with Crippen LogP contribution in [0.5, 0.6) is 0 Å². The highest BCUT2D eigenvalue weighted by atomic mass is 32.2. The molecule has 1 aliphatic heterocycles. The molecule has 3 unspecified atom stereocenters. The van der Waals surface area contributed by atoms with Gasteiger partial charge in [-0.05, 0) is 25.2 Å². The lowest BCUT2D eigenvalue weighted by Gasteiger charge is -2.43. The molecule has 0 spiro atoms. The molecule has 1 saturated heterocycles. The minimum absolute atomic E-state index is 0.112. The molecule has 0 aromatic heterocycles. The number of nitriles is 1. The zero-order valence-corrected chi connectivity index (χ0v) is 12.6. The third-order valence-electron chi connectivity index (χ3n) is 4.46. The molecule has 1 heterocycles. The summed E-state index contributed by atoms with van der Waals surface area (Å²) < 4.78 is 24.5. The van der Waals surface area contributed by atoms with Crippen LogP contribution >= 0.6 is 0 Å². The van der Waals surface area contributed by atoms with Crippen molar-refractivity contribution in [1.82, 2.24) is 9.21 Å². The first-order valence-corrected chi connectivity index (χ1v) is 8.85. The first kappa shape index (κ1) is 14.8. The van der Waals surface area contributed by atoms with Gasteiger partial charge in [0.05, 0.1) is 18.2 Å². The number of sulfonamides is 1. The van der Waals surface area contributed by atoms with E-state index in [4.69, 9.17) is 0 Å². The lowest BCUT2D eigenvalue weighted by Crippen LogP contribution is -2.54. The van der Waals surface area contributed by atoms with Crippen molar-refractivity contribution >= 4 is 10.0 Å². The van der Waals surface area contributed by atoms with Crippen LogP contribution in [0.2, 0.25) is 0 Å². The molecule has 1 saturated carbocycles. The minimum atomic E-state index is -3.07. The third kappa shape index (κ3) is 3.47. The van der Waals surface area contributed by atoms with Crippen LogP contribution in [0.4, 0.5) is 0 Å². The Hall–Kier alpha value is -0.640. The number of nitrogens with zero attached hydrogens (tertiary/aromatic N) is 3. The molecule has 0 aromatic rings. The number of rotatable bonds is 2. The molecule has 2 aliphatic rings. The van der Waals surface area contributed by atoms with Crippen LogP contribution in [-0.2, 0) is 10.0 Å². The van der Waals surface area contributed by atoms with Gasteiger partial charge in [-0.3, -0.25) is 4.90 Å². The maximum Gasteiger partial charge on any atom is 0.211 e. The van der Waals surface area contributed by atoms with E-state index >= 15 is 0 Å². The Balaban J connectivity index is 1.98. The molecule has 3 atom stereocenters. The van der Waals surface area contributed by atoms with Crippen LogP contribution in [-0.4, -0.2) is 56.1 Å². The van der Waals surface area contributed by atoms with E-state index in [1.54, 1.807) is 0 Å². The summed E-state index contributed by atoms with van der Waals surface area (Å²) in [6, 6.07) is 2.76. The lowest BCUT2D eigenvalue weighted by atomic mass is 9.79. The van der Waals surface area contributed by atoms with Crippen LogP contribution in [0.1, 0.15) is 26.2 Å². The highest BCUT2D eigenvalue weighted by Crippen LogP contribution is 2.32. The molecule has 0 aromatic carbocycles. The van der Waals surface area contributed by atoms with E-state index in [-0.39, 0.29) is 5.92 Å². The molecule has 6 heteroatoms. The van der Waals surface area contributed by atoms with Gasteiger partial charge in [0.25, 0.3) is 0 Å². The van der Waals surface area contributed by atoms with Gasteiger partial charge in [0.1, 0.15) is 0 Å². The maximum absolute atomic E-state index is 11.5. The summed E-state index contributed by atoms with van der Waals surface area (Å²) in [6.07, 6.45) is 4.45. The van der Waals surface area contributed by atoms with Gasteiger partial charge in [-0.2, -0.15) is 9.57 Å². The highest BCUT2D eigenvalue weighted by molar-refractivity contribution is 7.88. The topological polar surface area (TPSA) is 64.4 Å². The van der Waals surface area contributed by atoms with Gasteiger partial charge < -0.3 is 0 Å². The second-order valence-electron chi connectivity index (χ2n) is 5.92. The quantitative estimate of drug-likeness (QED) is 0.756. The summed E-state index contributed by atoms with van der Waals surface area (Å²) in [6.45, 7) is 4.86. The molecule has 5 nitrogen and oxygen atoms in total. The summed E-state index contributed by atoms with van der Waals surface area (Å²) in [5, 5.41) is 9.28. The second kappa shape index (κ2) is 5.78. The van der Waals surface area contributed by atoms with Crippen LogP contribution in [0, 0.1) is 23.2 Å². The SMILES string of the molecule is CC1CCC(C#N)C(N2CCN(S(C)(=O)=O)CC2)C1. The van der Waals surface area contributed by atoms with Crippen molar-refractivity contribution in [1.29, 1.82) is 5.26 Å². The fourth-order valence-corrected chi connectivity index (χ4v) is 4.10. The first-order valence-electron chi connectivity index (χ1n) is 7.00. The Labute approximate surface area is 116 Å². The first-order chi connectivity index (χ1) is 8.91. The largest absolute Gasteiger partial charge is 0.296 e. The average Bonchev–Trinajstić information content (AvgIpc) is 2.38. The normalized spacial score (nSPS) is 34.9. The zero-order valence-electron chi connectivity index (χ0n) is 11.7. The number of hydrogen-bond donors (Lipinski definition) is 0. The molecule has 2 fully saturated rings. The van der Waals surface area contributed by atoms with Crippen molar-refractivity contribution in [2.24, 2.45) is 11.8 Å². The van der Waals surface area contributed by atoms with Crippen molar-refractivity contribution in [2.75, 3.05) is 32.4 Å². The van der Waals surface area contributed by atoms with E-state index in [0.29, 0.717) is 25.0 Å². The molecule has 0 N–H and O–H groups in total. The Bertz CT molecular complexity index is 449. The smallest absolute Gasteiger partial charge is 0.211 e. The van der Waals surface area contributed by atoms with E-state index in [1.807, 2.05) is 0 Å². The van der Waals surface area contributed by atoms with Crippen LogP contribution in [0.3, 0.4) is 0 Å². The van der Waals surface area contributed by atoms with E-state index in [0.717, 1.165) is 32.4 Å². The fourth-order valence-electron chi connectivity index (χ4n) is 3.27. The van der Waals surface area contributed by atoms with Crippen LogP contribution in [0.15, 0.2) is 0 Å². The van der Waals surface area contributed by atoms with Gasteiger partial charge in [0.15, 0.2) is 0 Å². The molecule has 19 heavy (non-hydrogen) atoms. The highest BCUT2D eigenvalue weighted by Gasteiger charge is 2.35. The van der Waals surface area contributed by atoms with Crippen molar-refractivity contribution in [3.63, 3.8) is 0 Å². The van der Waals surface area contributed by atoms with Crippen molar-refractivity contribution < 1.29 is 8.42 Å². The summed E-state index contributed by atoms with van der Waals surface area (Å²) in [7, 11) is -3.07. The number of hydrogen-bond acceptors (Lipinski definition) is 4. The van der Waals surface area contributed by atoms with Gasteiger partial charge in [-0.15, -0.1) is 0 Å². The van der Waals surface area contributed by atoms with E-state index in [2.05, 4.69) is 17.9 Å². The van der Waals surface area contributed by atoms with E-state index in [9.17, 15) is 13.7 Å². The Morgan fingerprint density at radius 3 is 2.32 bits per heavy atom. The van der Waals surface area contributed by atoms with Gasteiger partial charge in [-0.1, -0.05) is 6.92 Å². The predicted molar refractivity (Wildman–Crippen MR) is 73.9 cm³/mol. The lowest BCUT2D eigenvalue weighted by molar-refractivity contribution is 0.0746. The molecular weight excluding hydrogens is 262 g/mol. The summed E-state index contributed by atoms with van der Waals surface area (Å²) in [5.74, 6) is 0.781. The van der Waals surface area contributed by atoms with Crippen LogP contribution in [0.25, 0.3) is 0 Å². The molecule has 0 amide bonds. The monoisotopic (exact) mass is 285 g/mol. The molecule has 0 radical (unpaired) electrons. The summed E-state index contributed by atoms with van der Waals surface area (Å²) in [4.78, 5) is 2.32. The molecular formula is C13H23N3O2S. The predicted octanol–water partition coefficient (Wildman–Crippen LogP) is 0.892. The number of piperazine rings is 1. The average molecular weight is 285 g/mol. The molecule has 1 aliphatic carbocycles. The van der Waals surface area contributed by atoms with Gasteiger partial charge in [0, 0.05) is 32.2 Å². The third-order valence-corrected chi connectivity index (χ3v) is 5.76. The molecule has 2 rings (SSSR count). The van der Waals surface area contributed by atoms with Crippen LogP contribution < -0.4 is 0 Å². The van der Waals surface area contributed by atoms with Gasteiger partial charge in [-0.25, -0.2) is 8.42 Å². The van der Waals surface area contributed by atoms with Crippen molar-refractivity contribution in [3.8, 4) is 6.07 Å². The Morgan fingerprint density at radius 1 is 1.16 bits per heavy atom. The van der Waals surface area contributed by atoms with E-state index < -0.39 is 10.0 Å². The van der Waals surface area contributed by atoms with E-state index in [1.165, 1.54) is 10.6 Å². The summed E-state index contributed by atoms with van der Waals surface area (Å²) in [5.41, 5.74) is 0. The second-order valence-corrected chi connectivity index (χ2v) is 7.90. The van der Waals surface area contributed by atoms with Crippen molar-refractivity contribution in [2.45, 2.75) is 32.2 Å². The maximum atomic E-state index is 11.5. The molecule has 108 valence electrons. The van der Waals surface area contributed by atoms with Gasteiger partial charge >= 0.3 is 0 Å². The summed E-state index contributed by atoms with van der Waals surface area (Å²) >= 11 is 0. The minimum Gasteiger partial charge on any atom is -0.296 e. The molecule has 0 bridgehead atoms. The Morgan fingerprint density at radius 2 is 1.79 bits per heavy atom. The zero-order chi connectivity index (χ0) is 14.0. The standard InChI is InChI=1S/C13H23N3O2S/c1-11-3-4-12(10-14)13(9-11)15-5-7-16(8-6-15)19(2,17)18/h11-13H,3-9H2,1-2H3. The Kier molecular flexibility index (Phi) is 4.49. The van der Waals surface area contributed by atoms with Crippen molar-refractivity contribution in [3.05, 3.63) is 0 Å².